The first-order valence-electron chi connectivity index (χ1n) is 6.52. The van der Waals surface area contributed by atoms with Crippen molar-refractivity contribution < 1.29 is 13.9 Å². The van der Waals surface area contributed by atoms with E-state index in [1.54, 1.807) is 38.4 Å². The maximum atomic E-state index is 13.3. The fraction of sp³-hybridized carbons (Fsp3) is 0.250. The predicted octanol–water partition coefficient (Wildman–Crippen LogP) is 3.79. The minimum absolute atomic E-state index is 0.284. The molecule has 0 aromatic heterocycles. The van der Waals surface area contributed by atoms with Crippen molar-refractivity contribution in [2.24, 2.45) is 0 Å². The number of halogens is 2. The van der Waals surface area contributed by atoms with E-state index in [4.69, 9.17) is 21.1 Å². The molecule has 0 amide bonds. The van der Waals surface area contributed by atoms with Crippen LogP contribution >= 0.6 is 11.6 Å². The highest BCUT2D eigenvalue weighted by atomic mass is 35.5. The number of benzene rings is 2. The van der Waals surface area contributed by atoms with E-state index in [1.807, 2.05) is 0 Å². The summed E-state index contributed by atoms with van der Waals surface area (Å²) in [5, 5.41) is 3.60. The van der Waals surface area contributed by atoms with Gasteiger partial charge in [0.25, 0.3) is 0 Å². The molecule has 0 spiro atoms. The molecule has 5 heteroatoms. The second-order valence-corrected chi connectivity index (χ2v) is 4.96. The maximum Gasteiger partial charge on any atom is 0.125 e. The van der Waals surface area contributed by atoms with Gasteiger partial charge in [0.1, 0.15) is 23.9 Å². The van der Waals surface area contributed by atoms with Crippen LogP contribution in [-0.4, -0.2) is 14.2 Å². The first kappa shape index (κ1) is 15.6. The molecule has 0 fully saturated rings. The molecule has 3 nitrogen and oxygen atoms in total. The van der Waals surface area contributed by atoms with Crippen LogP contribution in [0.4, 0.5) is 4.39 Å². The average Bonchev–Trinajstić information content (AvgIpc) is 2.47. The molecule has 2 rings (SSSR count). The molecule has 0 atom stereocenters. The van der Waals surface area contributed by atoms with Crippen LogP contribution in [-0.2, 0) is 13.2 Å². The van der Waals surface area contributed by atoms with E-state index in [9.17, 15) is 4.39 Å². The molecule has 0 aliphatic carbocycles. The summed E-state index contributed by atoms with van der Waals surface area (Å²) in [6.45, 7) is 0.825. The first-order chi connectivity index (χ1) is 10.1. The summed E-state index contributed by atoms with van der Waals surface area (Å²) >= 11 is 5.99. The van der Waals surface area contributed by atoms with Crippen molar-refractivity contribution >= 4 is 11.6 Å². The molecule has 0 saturated heterocycles. The third-order valence-corrected chi connectivity index (χ3v) is 3.25. The normalized spacial score (nSPS) is 10.5. The molecule has 2 aromatic carbocycles. The molecule has 0 aliphatic heterocycles. The SMILES string of the molecule is CNCc1cc(F)ccc1OCc1cc(Cl)ccc1OC. The molecule has 2 aromatic rings. The zero-order chi connectivity index (χ0) is 15.2. The highest BCUT2D eigenvalue weighted by molar-refractivity contribution is 6.30. The Hall–Kier alpha value is -1.78. The summed E-state index contributed by atoms with van der Waals surface area (Å²) in [5.74, 6) is 1.05. The van der Waals surface area contributed by atoms with Gasteiger partial charge in [-0.2, -0.15) is 0 Å². The van der Waals surface area contributed by atoms with E-state index >= 15 is 0 Å². The smallest absolute Gasteiger partial charge is 0.125 e. The van der Waals surface area contributed by atoms with Crippen LogP contribution in [0.25, 0.3) is 0 Å². The predicted molar refractivity (Wildman–Crippen MR) is 81.5 cm³/mol. The lowest BCUT2D eigenvalue weighted by atomic mass is 10.2. The summed E-state index contributed by atoms with van der Waals surface area (Å²) < 4.78 is 24.3. The third kappa shape index (κ3) is 4.09. The van der Waals surface area contributed by atoms with Crippen molar-refractivity contribution in [1.82, 2.24) is 5.32 Å². The van der Waals surface area contributed by atoms with Gasteiger partial charge < -0.3 is 14.8 Å². The van der Waals surface area contributed by atoms with E-state index < -0.39 is 0 Å². The Morgan fingerprint density at radius 1 is 1.10 bits per heavy atom. The van der Waals surface area contributed by atoms with Gasteiger partial charge >= 0.3 is 0 Å². The number of methoxy groups -OCH3 is 1. The fourth-order valence-electron chi connectivity index (χ4n) is 2.03. The largest absolute Gasteiger partial charge is 0.496 e. The fourth-order valence-corrected chi connectivity index (χ4v) is 2.23. The first-order valence-corrected chi connectivity index (χ1v) is 6.90. The van der Waals surface area contributed by atoms with Crippen molar-refractivity contribution in [3.05, 3.63) is 58.4 Å². The van der Waals surface area contributed by atoms with Gasteiger partial charge in [-0.05, 0) is 43.4 Å². The van der Waals surface area contributed by atoms with Crippen molar-refractivity contribution in [2.75, 3.05) is 14.2 Å². The summed E-state index contributed by atoms with van der Waals surface area (Å²) in [6.07, 6.45) is 0. The van der Waals surface area contributed by atoms with Crippen LogP contribution in [0.1, 0.15) is 11.1 Å². The second-order valence-electron chi connectivity index (χ2n) is 4.53. The molecule has 0 unspecified atom stereocenters. The monoisotopic (exact) mass is 309 g/mol. The van der Waals surface area contributed by atoms with E-state index in [0.717, 1.165) is 11.1 Å². The number of hydrogen-bond acceptors (Lipinski definition) is 3. The molecule has 112 valence electrons. The number of rotatable bonds is 6. The topological polar surface area (TPSA) is 30.5 Å². The lowest BCUT2D eigenvalue weighted by molar-refractivity contribution is 0.293. The van der Waals surface area contributed by atoms with Crippen LogP contribution in [0.15, 0.2) is 36.4 Å². The quantitative estimate of drug-likeness (QED) is 0.880. The van der Waals surface area contributed by atoms with Gasteiger partial charge in [-0.1, -0.05) is 11.6 Å². The van der Waals surface area contributed by atoms with Gasteiger partial charge in [-0.15, -0.1) is 0 Å². The number of ether oxygens (including phenoxy) is 2. The summed E-state index contributed by atoms with van der Waals surface area (Å²) in [7, 11) is 3.39. The second kappa shape index (κ2) is 7.29. The van der Waals surface area contributed by atoms with Gasteiger partial charge in [-0.25, -0.2) is 4.39 Å². The molecule has 0 aliphatic rings. The van der Waals surface area contributed by atoms with Gasteiger partial charge in [0.2, 0.25) is 0 Å². The number of hydrogen-bond donors (Lipinski definition) is 1. The maximum absolute atomic E-state index is 13.3. The molecule has 0 radical (unpaired) electrons. The lowest BCUT2D eigenvalue weighted by Crippen LogP contribution is -2.08. The Labute approximate surface area is 128 Å². The molecule has 21 heavy (non-hydrogen) atoms. The summed E-state index contributed by atoms with van der Waals surface area (Å²) in [6, 6.07) is 9.81. The Morgan fingerprint density at radius 2 is 1.86 bits per heavy atom. The Balaban J connectivity index is 2.18. The van der Waals surface area contributed by atoms with E-state index in [1.165, 1.54) is 12.1 Å². The number of nitrogens with one attached hydrogen (secondary N) is 1. The zero-order valence-corrected chi connectivity index (χ0v) is 12.7. The highest BCUT2D eigenvalue weighted by Crippen LogP contribution is 2.26. The minimum atomic E-state index is -0.284. The summed E-state index contributed by atoms with van der Waals surface area (Å²) in [5.41, 5.74) is 1.60. The Kier molecular flexibility index (Phi) is 5.42. The van der Waals surface area contributed by atoms with Crippen LogP contribution in [0.3, 0.4) is 0 Å². The molecular weight excluding hydrogens is 293 g/mol. The van der Waals surface area contributed by atoms with Crippen LogP contribution in [0.5, 0.6) is 11.5 Å². The van der Waals surface area contributed by atoms with Gasteiger partial charge in [-0.3, -0.25) is 0 Å². The van der Waals surface area contributed by atoms with E-state index in [-0.39, 0.29) is 5.82 Å². The van der Waals surface area contributed by atoms with E-state index in [0.29, 0.717) is 29.7 Å². The van der Waals surface area contributed by atoms with Crippen molar-refractivity contribution in [3.63, 3.8) is 0 Å². The van der Waals surface area contributed by atoms with Crippen LogP contribution in [0, 0.1) is 5.82 Å². The Morgan fingerprint density at radius 3 is 2.57 bits per heavy atom. The van der Waals surface area contributed by atoms with E-state index in [2.05, 4.69) is 5.32 Å². The van der Waals surface area contributed by atoms with Crippen LogP contribution < -0.4 is 14.8 Å². The summed E-state index contributed by atoms with van der Waals surface area (Å²) in [4.78, 5) is 0. The zero-order valence-electron chi connectivity index (χ0n) is 12.0. The minimum Gasteiger partial charge on any atom is -0.496 e. The van der Waals surface area contributed by atoms with Crippen molar-refractivity contribution in [1.29, 1.82) is 0 Å². The van der Waals surface area contributed by atoms with Crippen molar-refractivity contribution in [3.8, 4) is 11.5 Å². The van der Waals surface area contributed by atoms with Gasteiger partial charge in [0.05, 0.1) is 7.11 Å². The Bertz CT molecular complexity index is 619. The van der Waals surface area contributed by atoms with Gasteiger partial charge in [0.15, 0.2) is 0 Å². The van der Waals surface area contributed by atoms with Crippen molar-refractivity contribution in [2.45, 2.75) is 13.2 Å². The highest BCUT2D eigenvalue weighted by Gasteiger charge is 2.08. The molecule has 0 heterocycles. The average molecular weight is 310 g/mol. The third-order valence-electron chi connectivity index (χ3n) is 3.02. The van der Waals surface area contributed by atoms with Crippen LogP contribution in [0.2, 0.25) is 5.02 Å². The molecule has 0 bridgehead atoms. The van der Waals surface area contributed by atoms with Gasteiger partial charge in [0, 0.05) is 22.7 Å². The standard InChI is InChI=1S/C16H17ClFNO2/c1-19-9-11-8-14(18)4-6-16(11)21-10-12-7-13(17)3-5-15(12)20-2/h3-8,19H,9-10H2,1-2H3. The lowest BCUT2D eigenvalue weighted by Gasteiger charge is -2.13. The molecule has 1 N–H and O–H groups in total. The molecule has 0 saturated carbocycles. The molecular formula is C16H17ClFNO2.